The molecule has 0 atom stereocenters. The van der Waals surface area contributed by atoms with Crippen molar-refractivity contribution in [3.8, 4) is 0 Å². The first kappa shape index (κ1) is 14.7. The number of thiophene rings is 1. The summed E-state index contributed by atoms with van der Waals surface area (Å²) in [6.45, 7) is 12.3. The van der Waals surface area contributed by atoms with Gasteiger partial charge in [-0.2, -0.15) is 0 Å². The van der Waals surface area contributed by atoms with Crippen LogP contribution in [0.2, 0.25) is 0 Å². The van der Waals surface area contributed by atoms with Crippen molar-refractivity contribution in [1.29, 1.82) is 0 Å². The Bertz CT molecular complexity index is 344. The van der Waals surface area contributed by atoms with Crippen LogP contribution in [-0.4, -0.2) is 6.54 Å². The van der Waals surface area contributed by atoms with Crippen molar-refractivity contribution < 1.29 is 0 Å². The molecule has 1 aromatic heterocycles. The molecule has 17 heavy (non-hydrogen) atoms. The minimum atomic E-state index is 0.287. The van der Waals surface area contributed by atoms with E-state index < -0.39 is 0 Å². The normalized spacial score (nSPS) is 13.1. The minimum absolute atomic E-state index is 0.287. The molecule has 2 N–H and O–H groups in total. The van der Waals surface area contributed by atoms with Crippen molar-refractivity contribution >= 4 is 11.3 Å². The van der Waals surface area contributed by atoms with Crippen LogP contribution in [0.5, 0.6) is 0 Å². The van der Waals surface area contributed by atoms with Crippen molar-refractivity contribution in [3.63, 3.8) is 0 Å². The maximum absolute atomic E-state index is 5.65. The van der Waals surface area contributed by atoms with Crippen molar-refractivity contribution in [2.75, 3.05) is 6.54 Å². The second-order valence-electron chi connectivity index (χ2n) is 6.72. The Balaban J connectivity index is 2.56. The smallest absolute Gasteiger partial charge is 0.0102 e. The quantitative estimate of drug-likeness (QED) is 0.829. The van der Waals surface area contributed by atoms with Crippen LogP contribution in [0.3, 0.4) is 0 Å². The summed E-state index contributed by atoms with van der Waals surface area (Å²) in [6, 6.07) is 4.58. The Morgan fingerprint density at radius 1 is 1.06 bits per heavy atom. The third-order valence-electron chi connectivity index (χ3n) is 3.27. The van der Waals surface area contributed by atoms with Crippen LogP contribution in [-0.2, 0) is 11.8 Å². The van der Waals surface area contributed by atoms with Gasteiger partial charge in [-0.3, -0.25) is 0 Å². The van der Waals surface area contributed by atoms with Crippen LogP contribution in [0, 0.1) is 5.41 Å². The minimum Gasteiger partial charge on any atom is -0.330 e. The lowest BCUT2D eigenvalue weighted by molar-refractivity contribution is 0.314. The van der Waals surface area contributed by atoms with Gasteiger partial charge in [0.05, 0.1) is 0 Å². The van der Waals surface area contributed by atoms with Crippen LogP contribution in [0.25, 0.3) is 0 Å². The van der Waals surface area contributed by atoms with E-state index in [2.05, 4.69) is 46.8 Å². The van der Waals surface area contributed by atoms with Crippen LogP contribution < -0.4 is 5.73 Å². The predicted octanol–water partition coefficient (Wildman–Crippen LogP) is 4.35. The van der Waals surface area contributed by atoms with Gasteiger partial charge in [0, 0.05) is 9.75 Å². The predicted molar refractivity (Wildman–Crippen MR) is 78.8 cm³/mol. The summed E-state index contributed by atoms with van der Waals surface area (Å²) in [6.07, 6.45) is 3.53. The molecule has 0 aliphatic rings. The molecule has 2 heteroatoms. The Kier molecular flexibility index (Phi) is 4.79. The van der Waals surface area contributed by atoms with Crippen LogP contribution >= 0.6 is 11.3 Å². The molecule has 1 rings (SSSR count). The number of hydrogen-bond donors (Lipinski definition) is 1. The second kappa shape index (κ2) is 5.53. The van der Waals surface area contributed by atoms with Crippen molar-refractivity contribution in [3.05, 3.63) is 21.9 Å². The zero-order chi connectivity index (χ0) is 13.1. The molecule has 0 spiro atoms. The summed E-state index contributed by atoms with van der Waals surface area (Å²) in [5.74, 6) is 0. The largest absolute Gasteiger partial charge is 0.330 e. The Labute approximate surface area is 110 Å². The molecule has 1 nitrogen and oxygen atoms in total. The zero-order valence-corrected chi connectivity index (χ0v) is 12.8. The molecular formula is C15H27NS. The maximum atomic E-state index is 5.65. The van der Waals surface area contributed by atoms with E-state index in [-0.39, 0.29) is 5.41 Å². The van der Waals surface area contributed by atoms with Gasteiger partial charge in [0.2, 0.25) is 0 Å². The van der Waals surface area contributed by atoms with Crippen molar-refractivity contribution in [2.45, 2.75) is 59.3 Å². The molecule has 0 saturated carbocycles. The second-order valence-corrected chi connectivity index (χ2v) is 7.89. The average Bonchev–Trinajstić information content (AvgIpc) is 2.62. The van der Waals surface area contributed by atoms with Gasteiger partial charge in [0.1, 0.15) is 0 Å². The van der Waals surface area contributed by atoms with Gasteiger partial charge < -0.3 is 5.73 Å². The number of hydrogen-bond acceptors (Lipinski definition) is 2. The topological polar surface area (TPSA) is 26.0 Å². The van der Waals surface area contributed by atoms with Gasteiger partial charge in [0.15, 0.2) is 0 Å². The molecular weight excluding hydrogens is 226 g/mol. The van der Waals surface area contributed by atoms with Gasteiger partial charge >= 0.3 is 0 Å². The number of rotatable bonds is 5. The van der Waals surface area contributed by atoms with E-state index >= 15 is 0 Å². The third kappa shape index (κ3) is 4.81. The molecule has 1 heterocycles. The molecule has 0 amide bonds. The van der Waals surface area contributed by atoms with E-state index in [1.807, 2.05) is 11.3 Å². The third-order valence-corrected chi connectivity index (χ3v) is 4.84. The Morgan fingerprint density at radius 3 is 2.18 bits per heavy atom. The highest BCUT2D eigenvalue weighted by Crippen LogP contribution is 2.32. The first-order valence-corrected chi connectivity index (χ1v) is 7.35. The van der Waals surface area contributed by atoms with Gasteiger partial charge in [-0.25, -0.2) is 0 Å². The fourth-order valence-corrected chi connectivity index (χ4v) is 2.96. The van der Waals surface area contributed by atoms with E-state index in [1.165, 1.54) is 22.6 Å². The molecule has 0 aromatic carbocycles. The summed E-state index contributed by atoms with van der Waals surface area (Å²) in [4.78, 5) is 3.00. The van der Waals surface area contributed by atoms with Crippen molar-refractivity contribution in [2.24, 2.45) is 11.1 Å². The van der Waals surface area contributed by atoms with E-state index in [0.717, 1.165) is 13.0 Å². The monoisotopic (exact) mass is 253 g/mol. The standard InChI is InChI=1S/C15H27NS/c1-14(2,3)13-7-6-12(17-13)8-9-15(4,5)10-11-16/h6-7H,8-11,16H2,1-5H3. The first-order chi connectivity index (χ1) is 7.74. The molecule has 98 valence electrons. The van der Waals surface area contributed by atoms with E-state index in [0.29, 0.717) is 5.41 Å². The highest BCUT2D eigenvalue weighted by atomic mass is 32.1. The van der Waals surface area contributed by atoms with Crippen molar-refractivity contribution in [1.82, 2.24) is 0 Å². The van der Waals surface area contributed by atoms with E-state index in [1.54, 1.807) is 0 Å². The average molecular weight is 253 g/mol. The van der Waals surface area contributed by atoms with E-state index in [9.17, 15) is 0 Å². The first-order valence-electron chi connectivity index (χ1n) is 6.54. The van der Waals surface area contributed by atoms with Crippen LogP contribution in [0.1, 0.15) is 57.2 Å². The van der Waals surface area contributed by atoms with Gasteiger partial charge in [-0.1, -0.05) is 34.6 Å². The molecule has 0 bridgehead atoms. The maximum Gasteiger partial charge on any atom is 0.0102 e. The number of aryl methyl sites for hydroxylation is 1. The lowest BCUT2D eigenvalue weighted by Gasteiger charge is -2.23. The van der Waals surface area contributed by atoms with Gasteiger partial charge in [-0.05, 0) is 48.8 Å². The van der Waals surface area contributed by atoms with E-state index in [4.69, 9.17) is 5.73 Å². The molecule has 0 aliphatic carbocycles. The van der Waals surface area contributed by atoms with Crippen LogP contribution in [0.4, 0.5) is 0 Å². The fourth-order valence-electron chi connectivity index (χ4n) is 1.89. The summed E-state index contributed by atoms with van der Waals surface area (Å²) in [7, 11) is 0. The molecule has 0 fully saturated rings. The Hall–Kier alpha value is -0.340. The summed E-state index contributed by atoms with van der Waals surface area (Å²) in [5, 5.41) is 0. The number of nitrogens with two attached hydrogens (primary N) is 1. The highest BCUT2D eigenvalue weighted by Gasteiger charge is 2.19. The lowest BCUT2D eigenvalue weighted by Crippen LogP contribution is -2.17. The SMILES string of the molecule is CC(C)(CCN)CCc1ccc(C(C)(C)C)s1. The molecule has 0 radical (unpaired) electrons. The fraction of sp³-hybridized carbons (Fsp3) is 0.733. The summed E-state index contributed by atoms with van der Waals surface area (Å²) in [5.41, 5.74) is 6.31. The Morgan fingerprint density at radius 2 is 1.71 bits per heavy atom. The lowest BCUT2D eigenvalue weighted by atomic mass is 9.84. The van der Waals surface area contributed by atoms with Crippen LogP contribution in [0.15, 0.2) is 12.1 Å². The summed E-state index contributed by atoms with van der Waals surface area (Å²) >= 11 is 1.97. The highest BCUT2D eigenvalue weighted by molar-refractivity contribution is 7.12. The molecule has 0 unspecified atom stereocenters. The zero-order valence-electron chi connectivity index (χ0n) is 12.0. The molecule has 1 aromatic rings. The molecule has 0 aliphatic heterocycles. The summed E-state index contributed by atoms with van der Waals surface area (Å²) < 4.78 is 0. The van der Waals surface area contributed by atoms with Gasteiger partial charge in [0.25, 0.3) is 0 Å². The molecule has 0 saturated heterocycles. The van der Waals surface area contributed by atoms with Gasteiger partial charge in [-0.15, -0.1) is 11.3 Å².